The molecular formula is C52H64Cl4N4O. The number of halogens is 4. The van der Waals surface area contributed by atoms with Crippen LogP contribution in [0.15, 0.2) is 97.1 Å². The highest BCUT2D eigenvalue weighted by Crippen LogP contribution is 2.51. The Bertz CT molecular complexity index is 1940. The van der Waals surface area contributed by atoms with Crippen LogP contribution in [0.5, 0.6) is 0 Å². The molecule has 6 saturated heterocycles. The third-order valence-electron chi connectivity index (χ3n) is 15.3. The number of hydrogen-bond donors (Lipinski definition) is 0. The van der Waals surface area contributed by atoms with Gasteiger partial charge in [0, 0.05) is 69.4 Å². The molecule has 0 spiro atoms. The number of nitrogens with zero attached hydrogens (tertiary/aromatic N) is 4. The highest BCUT2D eigenvalue weighted by Gasteiger charge is 2.49. The standard InChI is InChI=1S/C28H36Cl2N2.C24H28Cl2N2O/c1-2-16-31-17-8-7-13-27(31)20-18-21-14-15-22(19-20)32(21)28(23-9-3-5-11-25(23)29)24-10-4-6-12-26(24)30;25-22-7-3-1-5-20(22)24(21-6-2-4-8-23(21)26)28-17-9-10-18(28)16-19(15-17)27-11-13-29-14-12-27/h3-6,9-12,20-22,27-28H,2,7-8,13-19H2,1H3;1-8,17-19,24H,9-16H2. The molecule has 6 aliphatic rings. The molecule has 5 unspecified atom stereocenters. The van der Waals surface area contributed by atoms with Gasteiger partial charge in [-0.2, -0.15) is 0 Å². The molecule has 4 aromatic rings. The van der Waals surface area contributed by atoms with Gasteiger partial charge in [-0.25, -0.2) is 0 Å². The summed E-state index contributed by atoms with van der Waals surface area (Å²) in [7, 11) is 0. The van der Waals surface area contributed by atoms with Crippen molar-refractivity contribution < 1.29 is 4.74 Å². The first-order valence-electron chi connectivity index (χ1n) is 23.5. The number of likely N-dealkylation sites (tertiary alicyclic amines) is 1. The Hall–Kier alpha value is -2.16. The van der Waals surface area contributed by atoms with E-state index in [0.717, 1.165) is 58.4 Å². The Morgan fingerprint density at radius 3 is 1.33 bits per heavy atom. The van der Waals surface area contributed by atoms with Gasteiger partial charge in [0.1, 0.15) is 0 Å². The van der Waals surface area contributed by atoms with Gasteiger partial charge in [-0.15, -0.1) is 0 Å². The molecule has 4 aromatic carbocycles. The minimum Gasteiger partial charge on any atom is -0.379 e. The molecule has 61 heavy (non-hydrogen) atoms. The van der Waals surface area contributed by atoms with Crippen molar-refractivity contribution in [2.75, 3.05) is 39.4 Å². The molecule has 9 heteroatoms. The molecule has 0 saturated carbocycles. The van der Waals surface area contributed by atoms with Gasteiger partial charge in [0.05, 0.1) is 25.3 Å². The lowest BCUT2D eigenvalue weighted by Gasteiger charge is -2.49. The molecule has 10 rings (SSSR count). The van der Waals surface area contributed by atoms with E-state index in [1.54, 1.807) is 0 Å². The van der Waals surface area contributed by atoms with Crippen molar-refractivity contribution in [3.63, 3.8) is 0 Å². The van der Waals surface area contributed by atoms with Crippen LogP contribution in [0.2, 0.25) is 20.1 Å². The molecule has 0 aromatic heterocycles. The van der Waals surface area contributed by atoms with E-state index in [9.17, 15) is 0 Å². The number of morpholine rings is 1. The summed E-state index contributed by atoms with van der Waals surface area (Å²) in [6, 6.07) is 37.4. The Kier molecular flexibility index (Phi) is 14.7. The lowest BCUT2D eigenvalue weighted by Crippen LogP contribution is -2.53. The van der Waals surface area contributed by atoms with E-state index in [1.807, 2.05) is 48.5 Å². The van der Waals surface area contributed by atoms with E-state index in [0.29, 0.717) is 30.2 Å². The molecule has 5 nitrogen and oxygen atoms in total. The second kappa shape index (κ2) is 20.3. The molecule has 4 bridgehead atoms. The zero-order chi connectivity index (χ0) is 41.9. The second-order valence-corrected chi connectivity index (χ2v) is 20.3. The van der Waals surface area contributed by atoms with Crippen LogP contribution in [0.4, 0.5) is 0 Å². The molecule has 0 amide bonds. The van der Waals surface area contributed by atoms with Gasteiger partial charge in [-0.05, 0) is 136 Å². The first kappa shape index (κ1) is 44.1. The van der Waals surface area contributed by atoms with Crippen LogP contribution in [0.25, 0.3) is 0 Å². The number of ether oxygens (including phenoxy) is 1. The fourth-order valence-electron chi connectivity index (χ4n) is 12.7. The van der Waals surface area contributed by atoms with Crippen LogP contribution in [0.1, 0.15) is 118 Å². The van der Waals surface area contributed by atoms with Crippen molar-refractivity contribution >= 4 is 46.4 Å². The van der Waals surface area contributed by atoms with Gasteiger partial charge in [-0.1, -0.05) is 133 Å². The fraction of sp³-hybridized carbons (Fsp3) is 0.538. The minimum atomic E-state index is 0.112. The van der Waals surface area contributed by atoms with Crippen molar-refractivity contribution in [1.29, 1.82) is 0 Å². The maximum Gasteiger partial charge on any atom is 0.0636 e. The Morgan fingerprint density at radius 1 is 0.508 bits per heavy atom. The van der Waals surface area contributed by atoms with Gasteiger partial charge >= 0.3 is 0 Å². The molecule has 0 N–H and O–H groups in total. The van der Waals surface area contributed by atoms with Crippen molar-refractivity contribution in [1.82, 2.24) is 19.6 Å². The first-order chi connectivity index (χ1) is 29.9. The predicted octanol–water partition coefficient (Wildman–Crippen LogP) is 13.0. The zero-order valence-corrected chi connectivity index (χ0v) is 38.9. The van der Waals surface area contributed by atoms with Gasteiger partial charge in [0.25, 0.3) is 0 Å². The summed E-state index contributed by atoms with van der Waals surface area (Å²) in [5, 5.41) is 3.35. The Morgan fingerprint density at radius 2 is 0.918 bits per heavy atom. The van der Waals surface area contributed by atoms with Crippen LogP contribution < -0.4 is 0 Å². The van der Waals surface area contributed by atoms with Crippen molar-refractivity contribution in [2.24, 2.45) is 5.92 Å². The average molecular weight is 903 g/mol. The third-order valence-corrected chi connectivity index (χ3v) is 16.6. The SMILES string of the molecule is CCCN1CCCCC1C1CC2CCC(C1)N2C(c1ccccc1Cl)c1ccccc1Cl.Clc1ccccc1C(c1ccccc1Cl)N1C2CCC1CC(N1CCOCC1)C2. The highest BCUT2D eigenvalue weighted by molar-refractivity contribution is 6.33. The van der Waals surface area contributed by atoms with E-state index in [-0.39, 0.29) is 12.1 Å². The number of benzene rings is 4. The molecule has 0 radical (unpaired) electrons. The molecule has 6 heterocycles. The van der Waals surface area contributed by atoms with Crippen LogP contribution >= 0.6 is 46.4 Å². The summed E-state index contributed by atoms with van der Waals surface area (Å²) in [6.07, 6.45) is 15.6. The highest BCUT2D eigenvalue weighted by atomic mass is 35.5. The largest absolute Gasteiger partial charge is 0.379 e. The summed E-state index contributed by atoms with van der Waals surface area (Å²) in [5.41, 5.74) is 4.73. The van der Waals surface area contributed by atoms with Gasteiger partial charge in [0.2, 0.25) is 0 Å². The lowest BCUT2D eigenvalue weighted by atomic mass is 9.79. The molecule has 5 atom stereocenters. The van der Waals surface area contributed by atoms with Crippen LogP contribution in [0.3, 0.4) is 0 Å². The number of hydrogen-bond acceptors (Lipinski definition) is 5. The van der Waals surface area contributed by atoms with Gasteiger partial charge < -0.3 is 9.64 Å². The maximum atomic E-state index is 6.78. The number of piperidine rings is 3. The van der Waals surface area contributed by atoms with E-state index in [1.165, 1.54) is 112 Å². The summed E-state index contributed by atoms with van der Waals surface area (Å²) in [6.45, 7) is 8.79. The summed E-state index contributed by atoms with van der Waals surface area (Å²) >= 11 is 27.0. The summed E-state index contributed by atoms with van der Waals surface area (Å²) in [5.74, 6) is 0.828. The van der Waals surface area contributed by atoms with Crippen molar-refractivity contribution in [3.8, 4) is 0 Å². The lowest BCUT2D eigenvalue weighted by molar-refractivity contribution is -0.0182. The molecule has 6 fully saturated rings. The van der Waals surface area contributed by atoms with Crippen molar-refractivity contribution in [3.05, 3.63) is 139 Å². The van der Waals surface area contributed by atoms with Gasteiger partial charge in [0.15, 0.2) is 0 Å². The summed E-state index contributed by atoms with van der Waals surface area (Å²) in [4.78, 5) is 11.0. The number of fused-ring (bicyclic) bond motifs is 4. The van der Waals surface area contributed by atoms with Crippen molar-refractivity contribution in [2.45, 2.75) is 132 Å². The number of rotatable bonds is 10. The van der Waals surface area contributed by atoms with Crippen LogP contribution in [-0.4, -0.2) is 95.2 Å². The van der Waals surface area contributed by atoms with E-state index >= 15 is 0 Å². The Balaban J connectivity index is 0.000000157. The smallest absolute Gasteiger partial charge is 0.0636 e. The van der Waals surface area contributed by atoms with E-state index < -0.39 is 0 Å². The monoisotopic (exact) mass is 900 g/mol. The molecule has 6 aliphatic heterocycles. The van der Waals surface area contributed by atoms with E-state index in [4.69, 9.17) is 51.1 Å². The van der Waals surface area contributed by atoms with E-state index in [2.05, 4.69) is 75.1 Å². The minimum absolute atomic E-state index is 0.112. The van der Waals surface area contributed by atoms with Crippen LogP contribution in [0, 0.1) is 5.92 Å². The van der Waals surface area contributed by atoms with Gasteiger partial charge in [-0.3, -0.25) is 14.7 Å². The molecule has 326 valence electrons. The fourth-order valence-corrected chi connectivity index (χ4v) is 13.7. The molecular weight excluding hydrogens is 838 g/mol. The molecule has 0 aliphatic carbocycles. The average Bonchev–Trinajstić information content (AvgIpc) is 3.68. The third kappa shape index (κ3) is 9.49. The zero-order valence-electron chi connectivity index (χ0n) is 35.9. The first-order valence-corrected chi connectivity index (χ1v) is 25.0. The Labute approximate surface area is 385 Å². The maximum absolute atomic E-state index is 6.78. The topological polar surface area (TPSA) is 22.2 Å². The normalized spacial score (nSPS) is 28.6. The predicted molar refractivity (Wildman–Crippen MR) is 254 cm³/mol. The quantitative estimate of drug-likeness (QED) is 0.158. The second-order valence-electron chi connectivity index (χ2n) is 18.7. The van der Waals surface area contributed by atoms with Crippen LogP contribution in [-0.2, 0) is 4.74 Å². The summed E-state index contributed by atoms with van der Waals surface area (Å²) < 4.78 is 5.58.